The number of hydrogen-bond donors (Lipinski definition) is 4. The number of carbonyl (C=O) groups excluding carboxylic acids is 2. The molecule has 1 aliphatic heterocycles. The van der Waals surface area contributed by atoms with Crippen LogP contribution in [0.5, 0.6) is 0 Å². The summed E-state index contributed by atoms with van der Waals surface area (Å²) in [5.41, 5.74) is 0. The number of rotatable bonds is 34. The lowest BCUT2D eigenvalue weighted by Crippen LogP contribution is -2.59. The van der Waals surface area contributed by atoms with Crippen molar-refractivity contribution in [2.45, 2.75) is 218 Å². The number of hydrogen-bond acceptors (Lipinski definition) is 10. The third-order valence-corrected chi connectivity index (χ3v) is 9.65. The van der Waals surface area contributed by atoms with Crippen molar-refractivity contribution in [2.24, 2.45) is 0 Å². The zero-order valence-electron chi connectivity index (χ0n) is 32.4. The van der Waals surface area contributed by atoms with Gasteiger partial charge < -0.3 is 39.4 Å². The van der Waals surface area contributed by atoms with Gasteiger partial charge in [-0.1, -0.05) is 142 Å². The maximum Gasteiger partial charge on any atom is 0.306 e. The summed E-state index contributed by atoms with van der Waals surface area (Å²) in [6, 6.07) is 0. The lowest BCUT2D eigenvalue weighted by molar-refractivity contribution is -0.305. The molecule has 0 aromatic rings. The van der Waals surface area contributed by atoms with Gasteiger partial charge in [-0.15, -0.1) is 0 Å². The van der Waals surface area contributed by atoms with Crippen LogP contribution in [-0.2, 0) is 28.5 Å². The van der Waals surface area contributed by atoms with Gasteiger partial charge in [-0.05, 0) is 38.5 Å². The molecule has 10 nitrogen and oxygen atoms in total. The summed E-state index contributed by atoms with van der Waals surface area (Å²) in [6.07, 6.45) is 25.0. The zero-order chi connectivity index (χ0) is 37.4. The standard InChI is InChI=1S/C41H76O10/c1-3-5-7-9-11-13-15-17-19-21-23-25-27-29-36(43)48-32-34(33-49-41-40(47)39(46)38(45)35(31-42)51-41)50-37(44)30-28-26-24-22-20-18-16-14-12-10-8-6-4-2/h14,16,34-35,38-42,45-47H,3-13,15,17-33H2,1-2H3/b16-14-/t34-,35?,38?,39?,40?,41?/m1/s1. The van der Waals surface area contributed by atoms with E-state index in [1.807, 2.05) is 0 Å². The summed E-state index contributed by atoms with van der Waals surface area (Å²) in [7, 11) is 0. The number of aliphatic hydroxyl groups is 4. The summed E-state index contributed by atoms with van der Waals surface area (Å²) < 4.78 is 22.1. The van der Waals surface area contributed by atoms with Crippen molar-refractivity contribution < 1.29 is 49.0 Å². The van der Waals surface area contributed by atoms with Crippen LogP contribution in [-0.4, -0.2) is 89.0 Å². The fraction of sp³-hybridized carbons (Fsp3) is 0.902. The number of allylic oxidation sites excluding steroid dienone is 2. The minimum Gasteiger partial charge on any atom is -0.462 e. The average molecular weight is 729 g/mol. The topological polar surface area (TPSA) is 152 Å². The lowest BCUT2D eigenvalue weighted by Gasteiger charge is -2.39. The van der Waals surface area contributed by atoms with Crippen LogP contribution in [0.4, 0.5) is 0 Å². The molecule has 0 radical (unpaired) electrons. The predicted molar refractivity (Wildman–Crippen MR) is 201 cm³/mol. The molecule has 1 aliphatic rings. The van der Waals surface area contributed by atoms with Crippen LogP contribution in [0.3, 0.4) is 0 Å². The minimum absolute atomic E-state index is 0.216. The third-order valence-electron chi connectivity index (χ3n) is 9.65. The normalized spacial score (nSPS) is 21.3. The molecule has 1 heterocycles. The van der Waals surface area contributed by atoms with Crippen LogP contribution in [0.15, 0.2) is 12.2 Å². The van der Waals surface area contributed by atoms with Gasteiger partial charge in [0.2, 0.25) is 0 Å². The van der Waals surface area contributed by atoms with Crippen LogP contribution < -0.4 is 0 Å². The van der Waals surface area contributed by atoms with Crippen LogP contribution in [0.1, 0.15) is 181 Å². The Balaban J connectivity index is 2.37. The van der Waals surface area contributed by atoms with Crippen molar-refractivity contribution in [3.63, 3.8) is 0 Å². The van der Waals surface area contributed by atoms with Gasteiger partial charge in [0, 0.05) is 12.8 Å². The molecule has 1 rings (SSSR count). The highest BCUT2D eigenvalue weighted by molar-refractivity contribution is 5.70. The first-order chi connectivity index (χ1) is 24.8. The van der Waals surface area contributed by atoms with Gasteiger partial charge in [0.1, 0.15) is 31.0 Å². The van der Waals surface area contributed by atoms with E-state index in [0.717, 1.165) is 57.8 Å². The molecule has 0 saturated carbocycles. The van der Waals surface area contributed by atoms with Crippen LogP contribution in [0, 0.1) is 0 Å². The summed E-state index contributed by atoms with van der Waals surface area (Å²) in [5, 5.41) is 39.9. The second kappa shape index (κ2) is 33.0. The molecule has 0 aromatic carbocycles. The molecule has 4 N–H and O–H groups in total. The lowest BCUT2D eigenvalue weighted by atomic mass is 9.99. The van der Waals surface area contributed by atoms with Crippen molar-refractivity contribution in [2.75, 3.05) is 19.8 Å². The van der Waals surface area contributed by atoms with Crippen molar-refractivity contribution in [1.82, 2.24) is 0 Å². The Bertz CT molecular complexity index is 850. The van der Waals surface area contributed by atoms with Gasteiger partial charge in [0.15, 0.2) is 12.4 Å². The summed E-state index contributed by atoms with van der Waals surface area (Å²) in [5.74, 6) is -0.811. The van der Waals surface area contributed by atoms with Crippen molar-refractivity contribution in [3.8, 4) is 0 Å². The Hall–Kier alpha value is -1.56. The Morgan fingerprint density at radius 3 is 1.55 bits per heavy atom. The van der Waals surface area contributed by atoms with Crippen molar-refractivity contribution in [1.29, 1.82) is 0 Å². The largest absolute Gasteiger partial charge is 0.462 e. The molecule has 51 heavy (non-hydrogen) atoms. The van der Waals surface area contributed by atoms with Gasteiger partial charge in [-0.3, -0.25) is 9.59 Å². The monoisotopic (exact) mass is 729 g/mol. The molecule has 5 unspecified atom stereocenters. The molecule has 6 atom stereocenters. The Kier molecular flexibility index (Phi) is 30.7. The molecule has 1 saturated heterocycles. The van der Waals surface area contributed by atoms with Crippen LogP contribution in [0.25, 0.3) is 0 Å². The van der Waals surface area contributed by atoms with Crippen molar-refractivity contribution in [3.05, 3.63) is 12.2 Å². The molecular formula is C41H76O10. The molecular weight excluding hydrogens is 652 g/mol. The van der Waals surface area contributed by atoms with Crippen molar-refractivity contribution >= 4 is 11.9 Å². The van der Waals surface area contributed by atoms with E-state index in [-0.39, 0.29) is 32.0 Å². The summed E-state index contributed by atoms with van der Waals surface area (Å²) >= 11 is 0. The van der Waals surface area contributed by atoms with E-state index in [1.165, 1.54) is 89.9 Å². The van der Waals surface area contributed by atoms with E-state index in [2.05, 4.69) is 26.0 Å². The number of esters is 2. The number of carbonyl (C=O) groups is 2. The van der Waals surface area contributed by atoms with Crippen LogP contribution in [0.2, 0.25) is 0 Å². The number of aliphatic hydroxyl groups excluding tert-OH is 4. The van der Waals surface area contributed by atoms with Gasteiger partial charge in [0.05, 0.1) is 13.2 Å². The van der Waals surface area contributed by atoms with Gasteiger partial charge in [-0.2, -0.15) is 0 Å². The quantitative estimate of drug-likeness (QED) is 0.0291. The first-order valence-electron chi connectivity index (χ1n) is 20.8. The highest BCUT2D eigenvalue weighted by atomic mass is 16.7. The highest BCUT2D eigenvalue weighted by Crippen LogP contribution is 2.22. The van der Waals surface area contributed by atoms with E-state index in [9.17, 15) is 30.0 Å². The molecule has 0 spiro atoms. The number of unbranched alkanes of at least 4 members (excludes halogenated alkanes) is 21. The predicted octanol–water partition coefficient (Wildman–Crippen LogP) is 8.00. The van der Waals surface area contributed by atoms with E-state index in [4.69, 9.17) is 18.9 Å². The SMILES string of the molecule is CCCCCC/C=C\CCCCCCCC(=O)O[C@H](COC(=O)CCCCCCCCCCCCCCC)COC1OC(CO)C(O)C(O)C1O. The highest BCUT2D eigenvalue weighted by Gasteiger charge is 2.44. The summed E-state index contributed by atoms with van der Waals surface area (Å²) in [4.78, 5) is 25.2. The maximum absolute atomic E-state index is 12.7. The minimum atomic E-state index is -1.59. The van der Waals surface area contributed by atoms with Gasteiger partial charge in [-0.25, -0.2) is 0 Å². The Labute approximate surface area is 310 Å². The van der Waals surface area contributed by atoms with Gasteiger partial charge in [0.25, 0.3) is 0 Å². The number of ether oxygens (including phenoxy) is 4. The molecule has 1 fully saturated rings. The van der Waals surface area contributed by atoms with Crippen LogP contribution >= 0.6 is 0 Å². The second-order valence-corrected chi connectivity index (χ2v) is 14.4. The van der Waals surface area contributed by atoms with E-state index < -0.39 is 49.4 Å². The molecule has 10 heteroatoms. The third kappa shape index (κ3) is 25.2. The Morgan fingerprint density at radius 1 is 0.588 bits per heavy atom. The first kappa shape index (κ1) is 47.5. The van der Waals surface area contributed by atoms with Gasteiger partial charge >= 0.3 is 11.9 Å². The second-order valence-electron chi connectivity index (χ2n) is 14.4. The summed E-state index contributed by atoms with van der Waals surface area (Å²) in [6.45, 7) is 3.39. The molecule has 0 bridgehead atoms. The Morgan fingerprint density at radius 2 is 1.04 bits per heavy atom. The molecule has 0 aliphatic carbocycles. The fourth-order valence-corrected chi connectivity index (χ4v) is 6.30. The molecule has 300 valence electrons. The first-order valence-corrected chi connectivity index (χ1v) is 20.8. The molecule has 0 amide bonds. The maximum atomic E-state index is 12.7. The zero-order valence-corrected chi connectivity index (χ0v) is 32.4. The average Bonchev–Trinajstić information content (AvgIpc) is 3.13. The smallest absolute Gasteiger partial charge is 0.306 e. The fourth-order valence-electron chi connectivity index (χ4n) is 6.30. The molecule has 0 aromatic heterocycles. The van der Waals surface area contributed by atoms with E-state index in [1.54, 1.807) is 0 Å². The van der Waals surface area contributed by atoms with E-state index in [0.29, 0.717) is 6.42 Å². The van der Waals surface area contributed by atoms with E-state index >= 15 is 0 Å².